The zero-order valence-corrected chi connectivity index (χ0v) is 18.3. The molecule has 1 saturated heterocycles. The van der Waals surface area contributed by atoms with Crippen LogP contribution in [-0.2, 0) is 21.4 Å². The highest BCUT2D eigenvalue weighted by molar-refractivity contribution is 5.89. The Morgan fingerprint density at radius 3 is 2.81 bits per heavy atom. The van der Waals surface area contributed by atoms with E-state index in [0.717, 1.165) is 24.6 Å². The van der Waals surface area contributed by atoms with Crippen molar-refractivity contribution in [1.82, 2.24) is 9.88 Å². The van der Waals surface area contributed by atoms with Crippen LogP contribution in [0.1, 0.15) is 36.8 Å². The minimum atomic E-state index is -0.746. The van der Waals surface area contributed by atoms with Gasteiger partial charge in [0.25, 0.3) is 0 Å². The van der Waals surface area contributed by atoms with E-state index in [2.05, 4.69) is 23.2 Å². The number of benzene rings is 2. The summed E-state index contributed by atoms with van der Waals surface area (Å²) in [5.74, 6) is -0.0184. The highest BCUT2D eigenvalue weighted by Crippen LogP contribution is 2.44. The number of hydrogen-bond donors (Lipinski definition) is 0. The van der Waals surface area contributed by atoms with Crippen molar-refractivity contribution in [2.75, 3.05) is 26.3 Å². The normalized spacial score (nSPS) is 20.9. The Kier molecular flexibility index (Phi) is 5.92. The molecule has 32 heavy (non-hydrogen) atoms. The van der Waals surface area contributed by atoms with E-state index in [-0.39, 0.29) is 17.6 Å². The smallest absolute Gasteiger partial charge is 0.233 e. The maximum absolute atomic E-state index is 14.8. The predicted octanol–water partition coefficient (Wildman–Crippen LogP) is 4.90. The molecule has 1 saturated carbocycles. The number of nitrogens with zero attached hydrogens (tertiary/aromatic N) is 2. The lowest BCUT2D eigenvalue weighted by molar-refractivity contribution is -0.138. The van der Waals surface area contributed by atoms with Crippen molar-refractivity contribution in [1.29, 1.82) is 0 Å². The molecular weight excluding hydrogens is 403 g/mol. The molecule has 0 N–H and O–H groups in total. The van der Waals surface area contributed by atoms with Gasteiger partial charge in [-0.1, -0.05) is 49.2 Å². The second-order valence-electron chi connectivity index (χ2n) is 9.18. The van der Waals surface area contributed by atoms with Crippen molar-refractivity contribution in [3.8, 4) is 0 Å². The first-order chi connectivity index (χ1) is 15.7. The Hall–Kier alpha value is -2.79. The summed E-state index contributed by atoms with van der Waals surface area (Å²) in [6.07, 6.45) is 7.88. The molecular formula is C27H29FN2O2. The summed E-state index contributed by atoms with van der Waals surface area (Å²) < 4.78 is 20.7. The molecule has 2 aromatic carbocycles. The van der Waals surface area contributed by atoms with Crippen molar-refractivity contribution < 1.29 is 13.9 Å². The summed E-state index contributed by atoms with van der Waals surface area (Å²) in [6.45, 7) is 2.33. The van der Waals surface area contributed by atoms with E-state index in [1.807, 2.05) is 29.4 Å². The van der Waals surface area contributed by atoms with Gasteiger partial charge in [0.15, 0.2) is 0 Å². The Morgan fingerprint density at radius 2 is 1.97 bits per heavy atom. The zero-order chi connectivity index (χ0) is 22.0. The summed E-state index contributed by atoms with van der Waals surface area (Å²) in [7, 11) is 0. The number of rotatable bonds is 4. The van der Waals surface area contributed by atoms with Crippen LogP contribution in [0.2, 0.25) is 0 Å². The molecule has 2 heterocycles. The Balaban J connectivity index is 1.41. The Labute approximate surface area is 188 Å². The van der Waals surface area contributed by atoms with Crippen LogP contribution in [0, 0.1) is 11.7 Å². The molecule has 5 heteroatoms. The molecule has 2 aliphatic rings. The van der Waals surface area contributed by atoms with Crippen molar-refractivity contribution in [3.63, 3.8) is 0 Å². The third kappa shape index (κ3) is 3.90. The number of hydrogen-bond acceptors (Lipinski definition) is 3. The first-order valence-electron chi connectivity index (χ1n) is 11.6. The quantitative estimate of drug-likeness (QED) is 0.589. The van der Waals surface area contributed by atoms with Gasteiger partial charge >= 0.3 is 0 Å². The van der Waals surface area contributed by atoms with Gasteiger partial charge in [-0.3, -0.25) is 9.78 Å². The second kappa shape index (κ2) is 8.99. The van der Waals surface area contributed by atoms with Crippen LogP contribution in [0.25, 0.3) is 10.8 Å². The van der Waals surface area contributed by atoms with Gasteiger partial charge < -0.3 is 9.64 Å². The highest BCUT2D eigenvalue weighted by Gasteiger charge is 2.46. The number of aromatic nitrogens is 1. The average Bonchev–Trinajstić information content (AvgIpc) is 3.20. The van der Waals surface area contributed by atoms with Gasteiger partial charge in [0.05, 0.1) is 18.6 Å². The van der Waals surface area contributed by atoms with E-state index >= 15 is 0 Å². The van der Waals surface area contributed by atoms with Crippen molar-refractivity contribution >= 4 is 16.7 Å². The number of fused-ring (bicyclic) bond motifs is 1. The van der Waals surface area contributed by atoms with Gasteiger partial charge in [-0.2, -0.15) is 0 Å². The fourth-order valence-electron chi connectivity index (χ4n) is 5.58. The molecule has 5 rings (SSSR count). The molecule has 0 radical (unpaired) electrons. The first-order valence-corrected chi connectivity index (χ1v) is 11.6. The summed E-state index contributed by atoms with van der Waals surface area (Å²) in [4.78, 5) is 20.2. The SMILES string of the molecule is O=C(N1CCOCC(Cc2cccc3ccncc23)C1)C1(c2ccccc2F)CCCC1. The average molecular weight is 433 g/mol. The third-order valence-electron chi connectivity index (χ3n) is 7.16. The van der Waals surface area contributed by atoms with Gasteiger partial charge in [0.2, 0.25) is 5.91 Å². The molecule has 1 aliphatic heterocycles. The van der Waals surface area contributed by atoms with E-state index in [1.54, 1.807) is 12.1 Å². The third-order valence-corrected chi connectivity index (χ3v) is 7.16. The summed E-state index contributed by atoms with van der Waals surface area (Å²) in [5, 5.41) is 2.32. The van der Waals surface area contributed by atoms with Crippen LogP contribution < -0.4 is 0 Å². The summed E-state index contributed by atoms with van der Waals surface area (Å²) >= 11 is 0. The lowest BCUT2D eigenvalue weighted by Crippen LogP contribution is -2.48. The van der Waals surface area contributed by atoms with Gasteiger partial charge in [0, 0.05) is 42.4 Å². The molecule has 1 amide bonds. The van der Waals surface area contributed by atoms with E-state index in [1.165, 1.54) is 17.0 Å². The van der Waals surface area contributed by atoms with Crippen molar-refractivity contribution in [2.24, 2.45) is 5.92 Å². The fraction of sp³-hybridized carbons (Fsp3) is 0.407. The van der Waals surface area contributed by atoms with Crippen LogP contribution in [0.15, 0.2) is 60.9 Å². The van der Waals surface area contributed by atoms with Crippen LogP contribution >= 0.6 is 0 Å². The van der Waals surface area contributed by atoms with Gasteiger partial charge in [0.1, 0.15) is 5.82 Å². The summed E-state index contributed by atoms with van der Waals surface area (Å²) in [6, 6.07) is 15.1. The molecule has 4 nitrogen and oxygen atoms in total. The predicted molar refractivity (Wildman–Crippen MR) is 123 cm³/mol. The number of carbonyl (C=O) groups is 1. The molecule has 1 unspecified atom stereocenters. The number of carbonyl (C=O) groups excluding carboxylic acids is 1. The molecule has 1 aliphatic carbocycles. The van der Waals surface area contributed by atoms with Gasteiger partial charge in [-0.25, -0.2) is 4.39 Å². The van der Waals surface area contributed by atoms with Crippen molar-refractivity contribution in [2.45, 2.75) is 37.5 Å². The second-order valence-corrected chi connectivity index (χ2v) is 9.18. The molecule has 0 spiro atoms. The van der Waals surface area contributed by atoms with Crippen LogP contribution in [0.4, 0.5) is 4.39 Å². The molecule has 2 fully saturated rings. The fourth-order valence-corrected chi connectivity index (χ4v) is 5.58. The topological polar surface area (TPSA) is 42.4 Å². The molecule has 1 aromatic heterocycles. The molecule has 0 bridgehead atoms. The summed E-state index contributed by atoms with van der Waals surface area (Å²) in [5.41, 5.74) is 1.04. The maximum Gasteiger partial charge on any atom is 0.233 e. The first kappa shape index (κ1) is 21.1. The number of halogens is 1. The maximum atomic E-state index is 14.8. The van der Waals surface area contributed by atoms with Gasteiger partial charge in [-0.05, 0) is 42.3 Å². The van der Waals surface area contributed by atoms with Gasteiger partial charge in [-0.15, -0.1) is 0 Å². The highest BCUT2D eigenvalue weighted by atomic mass is 19.1. The Bertz CT molecular complexity index is 1100. The lowest BCUT2D eigenvalue weighted by Gasteiger charge is -2.35. The van der Waals surface area contributed by atoms with E-state index in [4.69, 9.17) is 4.74 Å². The Morgan fingerprint density at radius 1 is 1.12 bits per heavy atom. The van der Waals surface area contributed by atoms with E-state index in [9.17, 15) is 9.18 Å². The van der Waals surface area contributed by atoms with Crippen LogP contribution in [-0.4, -0.2) is 42.1 Å². The molecule has 166 valence electrons. The number of ether oxygens (including phenoxy) is 1. The minimum Gasteiger partial charge on any atom is -0.379 e. The molecule has 1 atom stereocenters. The van der Waals surface area contributed by atoms with E-state index in [0.29, 0.717) is 44.7 Å². The minimum absolute atomic E-state index is 0.0650. The largest absolute Gasteiger partial charge is 0.379 e. The number of pyridine rings is 1. The molecule has 3 aromatic rings. The standard InChI is InChI=1S/C27H29FN2O2/c28-25-9-2-1-8-24(25)27(11-3-4-12-27)26(31)30-14-15-32-19-20(18-30)16-22-7-5-6-21-10-13-29-17-23(21)22/h1-2,5-10,13,17,20H,3-4,11-12,14-16,18-19H2. The van der Waals surface area contributed by atoms with E-state index < -0.39 is 5.41 Å². The lowest BCUT2D eigenvalue weighted by atomic mass is 9.77. The monoisotopic (exact) mass is 432 g/mol. The van der Waals surface area contributed by atoms with Crippen molar-refractivity contribution in [3.05, 3.63) is 77.9 Å². The van der Waals surface area contributed by atoms with Crippen LogP contribution in [0.3, 0.4) is 0 Å². The zero-order valence-electron chi connectivity index (χ0n) is 18.3. The van der Waals surface area contributed by atoms with Crippen LogP contribution in [0.5, 0.6) is 0 Å². The number of amides is 1.